The van der Waals surface area contributed by atoms with Crippen LogP contribution < -0.4 is 10.1 Å². The average molecular weight is 355 g/mol. The van der Waals surface area contributed by atoms with Crippen molar-refractivity contribution in [3.05, 3.63) is 47.6 Å². The third-order valence-electron chi connectivity index (χ3n) is 4.96. The second-order valence-electron chi connectivity index (χ2n) is 6.91. The summed E-state index contributed by atoms with van der Waals surface area (Å²) < 4.78 is 16.7. The van der Waals surface area contributed by atoms with Crippen molar-refractivity contribution in [1.29, 1.82) is 0 Å². The SMILES string of the molecule is COc1ccccc1/C=C/CNC[C@@H]1CCO[C@@H]1c1nc(C2CC2)no1. The first-order valence-corrected chi connectivity index (χ1v) is 9.30. The van der Waals surface area contributed by atoms with Crippen molar-refractivity contribution in [2.24, 2.45) is 5.92 Å². The van der Waals surface area contributed by atoms with Crippen LogP contribution in [0.25, 0.3) is 6.08 Å². The Balaban J connectivity index is 1.27. The fourth-order valence-corrected chi connectivity index (χ4v) is 3.33. The molecule has 2 aliphatic rings. The van der Waals surface area contributed by atoms with E-state index in [4.69, 9.17) is 14.0 Å². The Morgan fingerprint density at radius 2 is 2.15 bits per heavy atom. The van der Waals surface area contributed by atoms with Crippen molar-refractivity contribution in [2.45, 2.75) is 31.3 Å². The summed E-state index contributed by atoms with van der Waals surface area (Å²) in [7, 11) is 1.69. The van der Waals surface area contributed by atoms with Crippen molar-refractivity contribution in [2.75, 3.05) is 26.8 Å². The fourth-order valence-electron chi connectivity index (χ4n) is 3.33. The Bertz CT molecular complexity index is 754. The molecular weight excluding hydrogens is 330 g/mol. The minimum absolute atomic E-state index is 0.0827. The Kier molecular flexibility index (Phi) is 5.32. The molecule has 1 N–H and O–H groups in total. The molecule has 0 radical (unpaired) electrons. The van der Waals surface area contributed by atoms with E-state index >= 15 is 0 Å². The first-order valence-electron chi connectivity index (χ1n) is 9.30. The van der Waals surface area contributed by atoms with Crippen LogP contribution in [0.5, 0.6) is 5.75 Å². The van der Waals surface area contributed by atoms with Crippen molar-refractivity contribution in [1.82, 2.24) is 15.5 Å². The quantitative estimate of drug-likeness (QED) is 0.733. The molecule has 138 valence electrons. The maximum Gasteiger partial charge on any atom is 0.256 e. The summed E-state index contributed by atoms with van der Waals surface area (Å²) in [6.07, 6.45) is 7.46. The molecule has 6 heteroatoms. The van der Waals surface area contributed by atoms with Crippen LogP contribution in [0.1, 0.15) is 48.6 Å². The van der Waals surface area contributed by atoms with Gasteiger partial charge in [0.05, 0.1) is 7.11 Å². The van der Waals surface area contributed by atoms with Gasteiger partial charge in [0, 0.05) is 37.1 Å². The normalized spacial score (nSPS) is 23.0. The van der Waals surface area contributed by atoms with Crippen LogP contribution in [0.4, 0.5) is 0 Å². The van der Waals surface area contributed by atoms with Gasteiger partial charge in [0.25, 0.3) is 5.89 Å². The Hall–Kier alpha value is -2.18. The van der Waals surface area contributed by atoms with E-state index in [0.29, 0.717) is 17.7 Å². The van der Waals surface area contributed by atoms with Gasteiger partial charge in [-0.1, -0.05) is 35.5 Å². The van der Waals surface area contributed by atoms with Crippen LogP contribution >= 0.6 is 0 Å². The monoisotopic (exact) mass is 355 g/mol. The first-order chi connectivity index (χ1) is 12.8. The van der Waals surface area contributed by atoms with Crippen LogP contribution in [0.3, 0.4) is 0 Å². The number of hydrogen-bond acceptors (Lipinski definition) is 6. The van der Waals surface area contributed by atoms with Gasteiger partial charge < -0.3 is 19.3 Å². The van der Waals surface area contributed by atoms with E-state index in [0.717, 1.165) is 43.3 Å². The Morgan fingerprint density at radius 1 is 1.27 bits per heavy atom. The van der Waals surface area contributed by atoms with Gasteiger partial charge in [-0.05, 0) is 25.3 Å². The summed E-state index contributed by atoms with van der Waals surface area (Å²) in [5.74, 6) is 3.24. The highest BCUT2D eigenvalue weighted by Crippen LogP contribution is 2.40. The number of para-hydroxylation sites is 1. The number of hydrogen-bond donors (Lipinski definition) is 1. The lowest BCUT2D eigenvalue weighted by atomic mass is 10.0. The molecule has 1 saturated heterocycles. The smallest absolute Gasteiger partial charge is 0.256 e. The molecule has 1 saturated carbocycles. The number of nitrogens with one attached hydrogen (secondary N) is 1. The van der Waals surface area contributed by atoms with Gasteiger partial charge in [-0.3, -0.25) is 0 Å². The van der Waals surface area contributed by atoms with E-state index in [-0.39, 0.29) is 6.10 Å². The summed E-state index contributed by atoms with van der Waals surface area (Å²) in [5.41, 5.74) is 1.08. The van der Waals surface area contributed by atoms with Gasteiger partial charge in [-0.2, -0.15) is 4.98 Å². The van der Waals surface area contributed by atoms with E-state index in [1.54, 1.807) is 7.11 Å². The molecule has 1 aliphatic carbocycles. The maximum absolute atomic E-state index is 5.85. The van der Waals surface area contributed by atoms with Gasteiger partial charge in [0.1, 0.15) is 11.9 Å². The van der Waals surface area contributed by atoms with Gasteiger partial charge in [-0.25, -0.2) is 0 Å². The summed E-state index contributed by atoms with van der Waals surface area (Å²) in [5, 5.41) is 7.59. The summed E-state index contributed by atoms with van der Waals surface area (Å²) in [4.78, 5) is 4.55. The zero-order valence-electron chi connectivity index (χ0n) is 15.1. The molecule has 6 nitrogen and oxygen atoms in total. The minimum atomic E-state index is -0.0827. The molecule has 2 heterocycles. The zero-order valence-corrected chi connectivity index (χ0v) is 15.1. The summed E-state index contributed by atoms with van der Waals surface area (Å²) >= 11 is 0. The standard InChI is InChI=1S/C20H25N3O3/c1-24-17-7-3-2-5-14(17)6-4-11-21-13-16-10-12-25-18(16)20-22-19(23-26-20)15-8-9-15/h2-7,15-16,18,21H,8-13H2,1H3/b6-4+/t16-,18-/m0/s1. The fraction of sp³-hybridized carbons (Fsp3) is 0.500. The largest absolute Gasteiger partial charge is 0.496 e. The second-order valence-corrected chi connectivity index (χ2v) is 6.91. The highest BCUT2D eigenvalue weighted by Gasteiger charge is 2.36. The average Bonchev–Trinajstić information content (AvgIpc) is 3.22. The number of nitrogens with zero attached hydrogens (tertiary/aromatic N) is 2. The van der Waals surface area contributed by atoms with Crippen LogP contribution in [0, 0.1) is 5.92 Å². The van der Waals surface area contributed by atoms with E-state index in [9.17, 15) is 0 Å². The van der Waals surface area contributed by atoms with Crippen LogP contribution in [0.15, 0.2) is 34.9 Å². The minimum Gasteiger partial charge on any atom is -0.496 e. The highest BCUT2D eigenvalue weighted by atomic mass is 16.5. The van der Waals surface area contributed by atoms with E-state index in [1.807, 2.05) is 24.3 Å². The van der Waals surface area contributed by atoms with Crippen LogP contribution in [-0.4, -0.2) is 36.9 Å². The second kappa shape index (κ2) is 8.01. The first kappa shape index (κ1) is 17.2. The molecule has 0 unspecified atom stereocenters. The van der Waals surface area contributed by atoms with Crippen LogP contribution in [0.2, 0.25) is 0 Å². The zero-order chi connectivity index (χ0) is 17.8. The van der Waals surface area contributed by atoms with Gasteiger partial charge in [0.2, 0.25) is 0 Å². The molecule has 2 fully saturated rings. The lowest BCUT2D eigenvalue weighted by molar-refractivity contribution is 0.0626. The summed E-state index contributed by atoms with van der Waals surface area (Å²) in [6.45, 7) is 2.40. The lowest BCUT2D eigenvalue weighted by Gasteiger charge is -2.14. The number of rotatable bonds is 8. The number of methoxy groups -OCH3 is 1. The van der Waals surface area contributed by atoms with Gasteiger partial charge in [-0.15, -0.1) is 0 Å². The topological polar surface area (TPSA) is 69.4 Å². The molecule has 1 aromatic heterocycles. The molecule has 4 rings (SSSR count). The predicted octanol–water partition coefficient (Wildman–Crippen LogP) is 3.34. The number of benzene rings is 1. The Labute approximate surface area is 153 Å². The molecule has 26 heavy (non-hydrogen) atoms. The molecule has 2 aromatic rings. The molecule has 2 atom stereocenters. The molecule has 1 aromatic carbocycles. The molecule has 1 aliphatic heterocycles. The van der Waals surface area contributed by atoms with E-state index in [1.165, 1.54) is 12.8 Å². The van der Waals surface area contributed by atoms with Gasteiger partial charge in [0.15, 0.2) is 5.82 Å². The Morgan fingerprint density at radius 3 is 3.00 bits per heavy atom. The van der Waals surface area contributed by atoms with E-state index < -0.39 is 0 Å². The van der Waals surface area contributed by atoms with Crippen molar-refractivity contribution in [3.63, 3.8) is 0 Å². The van der Waals surface area contributed by atoms with E-state index in [2.05, 4.69) is 27.6 Å². The van der Waals surface area contributed by atoms with Crippen molar-refractivity contribution >= 4 is 6.08 Å². The molecular formula is C20H25N3O3. The van der Waals surface area contributed by atoms with Crippen LogP contribution in [-0.2, 0) is 4.74 Å². The van der Waals surface area contributed by atoms with Crippen molar-refractivity contribution < 1.29 is 14.0 Å². The number of ether oxygens (including phenoxy) is 2. The predicted molar refractivity (Wildman–Crippen MR) is 98.0 cm³/mol. The van der Waals surface area contributed by atoms with Gasteiger partial charge >= 0.3 is 0 Å². The number of aromatic nitrogens is 2. The molecule has 0 bridgehead atoms. The summed E-state index contributed by atoms with van der Waals surface area (Å²) in [6, 6.07) is 7.99. The highest BCUT2D eigenvalue weighted by molar-refractivity contribution is 5.57. The lowest BCUT2D eigenvalue weighted by Crippen LogP contribution is -2.25. The third-order valence-corrected chi connectivity index (χ3v) is 4.96. The van der Waals surface area contributed by atoms with Crippen molar-refractivity contribution in [3.8, 4) is 5.75 Å². The molecule has 0 spiro atoms. The maximum atomic E-state index is 5.85. The third kappa shape index (κ3) is 3.97. The molecule has 0 amide bonds.